The minimum Gasteiger partial charge on any atom is -0.460 e. The van der Waals surface area contributed by atoms with Crippen LogP contribution in [0.1, 0.15) is 31.3 Å². The van der Waals surface area contributed by atoms with Gasteiger partial charge in [-0.25, -0.2) is 8.42 Å². The van der Waals surface area contributed by atoms with Gasteiger partial charge >= 0.3 is 0 Å². The fraction of sp³-hybridized carbons (Fsp3) is 0.500. The summed E-state index contributed by atoms with van der Waals surface area (Å²) in [7, 11) is -3.31. The van der Waals surface area contributed by atoms with Crippen molar-refractivity contribution in [3.8, 4) is 0 Å². The molecule has 0 aromatic carbocycles. The second kappa shape index (κ2) is 3.48. The fourth-order valence-corrected chi connectivity index (χ4v) is 1.55. The predicted molar refractivity (Wildman–Crippen MR) is 55.6 cm³/mol. The largest absolute Gasteiger partial charge is 0.460 e. The van der Waals surface area contributed by atoms with Gasteiger partial charge < -0.3 is 4.42 Å². The first-order valence-corrected chi connectivity index (χ1v) is 6.35. The Morgan fingerprint density at radius 3 is 2.20 bits per heavy atom. The quantitative estimate of drug-likeness (QED) is 0.728. The van der Waals surface area contributed by atoms with Crippen molar-refractivity contribution in [1.82, 2.24) is 0 Å². The molecule has 1 rings (SSSR count). The Labute approximate surface area is 89.2 Å². The molecule has 0 spiro atoms. The molecular weight excluding hydrogens is 216 g/mol. The van der Waals surface area contributed by atoms with Gasteiger partial charge in [0.2, 0.25) is 5.78 Å². The smallest absolute Gasteiger partial charge is 0.203 e. The van der Waals surface area contributed by atoms with Gasteiger partial charge in [-0.3, -0.25) is 4.79 Å². The maximum Gasteiger partial charge on any atom is 0.203 e. The maximum absolute atomic E-state index is 11.7. The Morgan fingerprint density at radius 1 is 1.33 bits per heavy atom. The molecule has 1 aromatic heterocycles. The zero-order valence-corrected chi connectivity index (χ0v) is 10.0. The number of hydrogen-bond donors (Lipinski definition) is 0. The molecule has 0 saturated heterocycles. The van der Waals surface area contributed by atoms with Crippen LogP contribution in [0.3, 0.4) is 0 Å². The molecule has 1 heterocycles. The van der Waals surface area contributed by atoms with E-state index in [1.165, 1.54) is 6.07 Å². The van der Waals surface area contributed by atoms with Crippen LogP contribution in [0.15, 0.2) is 21.6 Å². The number of carbonyl (C=O) groups is 1. The van der Waals surface area contributed by atoms with E-state index in [1.807, 2.05) is 0 Å². The second-order valence-corrected chi connectivity index (χ2v) is 6.51. The molecule has 5 heteroatoms. The van der Waals surface area contributed by atoms with E-state index in [-0.39, 0.29) is 16.4 Å². The Kier molecular flexibility index (Phi) is 2.78. The summed E-state index contributed by atoms with van der Waals surface area (Å²) in [6.07, 6.45) is 2.16. The number of hydrogen-bond acceptors (Lipinski definition) is 4. The highest BCUT2D eigenvalue weighted by molar-refractivity contribution is 7.90. The highest BCUT2D eigenvalue weighted by atomic mass is 32.2. The number of rotatable bonds is 2. The monoisotopic (exact) mass is 230 g/mol. The second-order valence-electron chi connectivity index (χ2n) is 4.50. The van der Waals surface area contributed by atoms with Crippen LogP contribution in [0.2, 0.25) is 0 Å². The zero-order valence-electron chi connectivity index (χ0n) is 9.20. The molecule has 0 unspecified atom stereocenters. The number of carbonyl (C=O) groups excluding carboxylic acids is 1. The van der Waals surface area contributed by atoms with Gasteiger partial charge in [0, 0.05) is 17.7 Å². The fourth-order valence-electron chi connectivity index (χ4n) is 1.00. The highest BCUT2D eigenvalue weighted by Gasteiger charge is 2.26. The van der Waals surface area contributed by atoms with Crippen molar-refractivity contribution < 1.29 is 17.6 Å². The summed E-state index contributed by atoms with van der Waals surface area (Å²) in [5, 5.41) is 0. The number of ketones is 1. The lowest BCUT2D eigenvalue weighted by molar-refractivity contribution is 0.0828. The van der Waals surface area contributed by atoms with Crippen molar-refractivity contribution in [1.29, 1.82) is 0 Å². The SMILES string of the molecule is CC(C)(C)C(=O)c1cc(S(C)(=O)=O)co1. The van der Waals surface area contributed by atoms with Crippen LogP contribution in [0.25, 0.3) is 0 Å². The standard InChI is InChI=1S/C10H14O4S/c1-10(2,3)9(11)8-5-7(6-14-8)15(4,12)13/h5-6H,1-4H3. The number of Topliss-reactive ketones (excluding diaryl/α,β-unsaturated/α-hetero) is 1. The van der Waals surface area contributed by atoms with E-state index in [1.54, 1.807) is 20.8 Å². The summed E-state index contributed by atoms with van der Waals surface area (Å²) in [5.41, 5.74) is -0.577. The lowest BCUT2D eigenvalue weighted by atomic mass is 9.89. The van der Waals surface area contributed by atoms with E-state index in [0.717, 1.165) is 12.5 Å². The van der Waals surface area contributed by atoms with Crippen LogP contribution in [0.4, 0.5) is 0 Å². The molecule has 0 bridgehead atoms. The molecule has 0 saturated carbocycles. The van der Waals surface area contributed by atoms with E-state index in [4.69, 9.17) is 4.42 Å². The molecule has 0 N–H and O–H groups in total. The third-order valence-corrected chi connectivity index (χ3v) is 2.98. The summed E-state index contributed by atoms with van der Waals surface area (Å²) < 4.78 is 27.2. The van der Waals surface area contributed by atoms with Gasteiger partial charge in [0.05, 0.1) is 0 Å². The third kappa shape index (κ3) is 2.68. The van der Waals surface area contributed by atoms with E-state index in [0.29, 0.717) is 0 Å². The molecule has 0 atom stereocenters. The molecule has 15 heavy (non-hydrogen) atoms. The summed E-state index contributed by atoms with van der Waals surface area (Å²) in [6.45, 7) is 5.24. The van der Waals surface area contributed by atoms with E-state index in [9.17, 15) is 13.2 Å². The van der Waals surface area contributed by atoms with Gasteiger partial charge in [-0.15, -0.1) is 0 Å². The summed E-state index contributed by atoms with van der Waals surface area (Å²) in [6, 6.07) is 1.27. The molecule has 0 fully saturated rings. The molecule has 1 aromatic rings. The van der Waals surface area contributed by atoms with Gasteiger partial charge in [-0.05, 0) is 0 Å². The zero-order chi connectivity index (χ0) is 11.9. The van der Waals surface area contributed by atoms with Gasteiger partial charge in [-0.1, -0.05) is 20.8 Å². The normalized spacial score (nSPS) is 12.8. The Hall–Kier alpha value is -1.10. The Bertz CT molecular complexity index is 474. The van der Waals surface area contributed by atoms with Crippen molar-refractivity contribution in [2.75, 3.05) is 6.26 Å². The van der Waals surface area contributed by atoms with Crippen LogP contribution in [0, 0.1) is 5.41 Å². The van der Waals surface area contributed by atoms with Crippen LogP contribution in [-0.2, 0) is 9.84 Å². The van der Waals surface area contributed by atoms with Crippen molar-refractivity contribution >= 4 is 15.6 Å². The molecule has 4 nitrogen and oxygen atoms in total. The van der Waals surface area contributed by atoms with Crippen molar-refractivity contribution in [3.63, 3.8) is 0 Å². The van der Waals surface area contributed by atoms with E-state index in [2.05, 4.69) is 0 Å². The van der Waals surface area contributed by atoms with Crippen LogP contribution < -0.4 is 0 Å². The lowest BCUT2D eigenvalue weighted by Crippen LogP contribution is -2.19. The average molecular weight is 230 g/mol. The molecule has 0 aliphatic heterocycles. The van der Waals surface area contributed by atoms with Crippen LogP contribution in [-0.4, -0.2) is 20.5 Å². The molecule has 0 amide bonds. The molecule has 0 aliphatic rings. The van der Waals surface area contributed by atoms with Crippen molar-refractivity contribution in [3.05, 3.63) is 18.1 Å². The minimum atomic E-state index is -3.31. The first-order chi connectivity index (χ1) is 6.62. The van der Waals surface area contributed by atoms with Gasteiger partial charge in [-0.2, -0.15) is 0 Å². The Morgan fingerprint density at radius 2 is 1.87 bits per heavy atom. The maximum atomic E-state index is 11.7. The molecule has 0 aliphatic carbocycles. The first kappa shape index (κ1) is 12.0. The van der Waals surface area contributed by atoms with Gasteiger partial charge in [0.1, 0.15) is 11.2 Å². The molecule has 84 valence electrons. The molecule has 0 radical (unpaired) electrons. The lowest BCUT2D eigenvalue weighted by Gasteiger charge is -2.13. The van der Waals surface area contributed by atoms with E-state index >= 15 is 0 Å². The topological polar surface area (TPSA) is 64.3 Å². The highest BCUT2D eigenvalue weighted by Crippen LogP contribution is 2.23. The van der Waals surface area contributed by atoms with Crippen molar-refractivity contribution in [2.24, 2.45) is 5.41 Å². The average Bonchev–Trinajstić information content (AvgIpc) is 2.47. The number of furan rings is 1. The first-order valence-electron chi connectivity index (χ1n) is 4.46. The van der Waals surface area contributed by atoms with Gasteiger partial charge in [0.25, 0.3) is 0 Å². The Balaban J connectivity index is 3.12. The van der Waals surface area contributed by atoms with E-state index < -0.39 is 15.3 Å². The summed E-state index contributed by atoms with van der Waals surface area (Å²) >= 11 is 0. The third-order valence-electron chi connectivity index (χ3n) is 1.91. The summed E-state index contributed by atoms with van der Waals surface area (Å²) in [5.74, 6) is -0.125. The van der Waals surface area contributed by atoms with Gasteiger partial charge in [0.15, 0.2) is 15.6 Å². The predicted octanol–water partition coefficient (Wildman–Crippen LogP) is 1.91. The minimum absolute atomic E-state index is 0.0371. The molecular formula is C10H14O4S. The van der Waals surface area contributed by atoms with Crippen LogP contribution in [0.5, 0.6) is 0 Å². The summed E-state index contributed by atoms with van der Waals surface area (Å²) in [4.78, 5) is 11.8. The number of sulfone groups is 1. The van der Waals surface area contributed by atoms with Crippen LogP contribution >= 0.6 is 0 Å². The van der Waals surface area contributed by atoms with Crippen molar-refractivity contribution in [2.45, 2.75) is 25.7 Å².